The van der Waals surface area contributed by atoms with E-state index in [0.717, 1.165) is 15.8 Å². The Kier molecular flexibility index (Phi) is 5.48. The molecule has 134 valence electrons. The van der Waals surface area contributed by atoms with Gasteiger partial charge in [0, 0.05) is 29.3 Å². The Hall–Kier alpha value is -2.93. The molecule has 1 unspecified atom stereocenters. The van der Waals surface area contributed by atoms with Crippen LogP contribution in [0.2, 0.25) is 0 Å². The van der Waals surface area contributed by atoms with Gasteiger partial charge in [0.25, 0.3) is 5.56 Å². The van der Waals surface area contributed by atoms with E-state index in [-0.39, 0.29) is 23.3 Å². The molecular formula is C19H20N4O2S. The third kappa shape index (κ3) is 4.37. The highest BCUT2D eigenvalue weighted by atomic mass is 32.1. The van der Waals surface area contributed by atoms with Crippen LogP contribution in [0.4, 0.5) is 0 Å². The van der Waals surface area contributed by atoms with Gasteiger partial charge in [0.15, 0.2) is 5.96 Å². The van der Waals surface area contributed by atoms with Crippen LogP contribution in [-0.2, 0) is 11.2 Å². The standard InChI is InChI=1S/C19H20N4O2S/c20-19(21)23-16(17-2-1-9-26-17)6-4-14(24)11-12-3-5-15-13(10-12)7-8-22-18(15)25/h1-3,5,7-10,16H,4,6,11H2,(H,22,25)(H4,20,21,23). The number of nitrogens with one attached hydrogen (secondary N) is 1. The minimum Gasteiger partial charge on any atom is -0.370 e. The second-order valence-electron chi connectivity index (χ2n) is 6.07. The fourth-order valence-electron chi connectivity index (χ4n) is 2.90. The number of ketones is 1. The van der Waals surface area contributed by atoms with E-state index in [1.54, 1.807) is 23.6 Å². The Labute approximate surface area is 154 Å². The molecule has 3 rings (SSSR count). The van der Waals surface area contributed by atoms with Gasteiger partial charge in [-0.1, -0.05) is 18.2 Å². The van der Waals surface area contributed by atoms with Gasteiger partial charge in [-0.05, 0) is 40.9 Å². The molecule has 0 amide bonds. The van der Waals surface area contributed by atoms with Gasteiger partial charge in [0.05, 0.1) is 6.04 Å². The molecular weight excluding hydrogens is 348 g/mol. The number of Topliss-reactive ketones (excluding diaryl/α,β-unsaturated/α-hetero) is 1. The summed E-state index contributed by atoms with van der Waals surface area (Å²) in [7, 11) is 0. The molecule has 0 saturated heterocycles. The maximum atomic E-state index is 12.4. The molecule has 26 heavy (non-hydrogen) atoms. The van der Waals surface area contributed by atoms with Gasteiger partial charge in [-0.2, -0.15) is 0 Å². The third-order valence-corrected chi connectivity index (χ3v) is 5.09. The quantitative estimate of drug-likeness (QED) is 0.439. The Morgan fingerprint density at radius 3 is 2.81 bits per heavy atom. The topological polar surface area (TPSA) is 114 Å². The van der Waals surface area contributed by atoms with Crippen molar-refractivity contribution in [2.45, 2.75) is 25.3 Å². The monoisotopic (exact) mass is 368 g/mol. The van der Waals surface area contributed by atoms with E-state index in [2.05, 4.69) is 9.98 Å². The zero-order chi connectivity index (χ0) is 18.5. The predicted molar refractivity (Wildman–Crippen MR) is 105 cm³/mol. The number of benzene rings is 1. The minimum atomic E-state index is -0.195. The summed E-state index contributed by atoms with van der Waals surface area (Å²) in [5.41, 5.74) is 11.8. The number of rotatable bonds is 7. The van der Waals surface area contributed by atoms with E-state index in [9.17, 15) is 9.59 Å². The first kappa shape index (κ1) is 17.9. The third-order valence-electron chi connectivity index (χ3n) is 4.11. The summed E-state index contributed by atoms with van der Waals surface area (Å²) in [5.74, 6) is 0.136. The van der Waals surface area contributed by atoms with Gasteiger partial charge in [-0.3, -0.25) is 9.59 Å². The van der Waals surface area contributed by atoms with E-state index < -0.39 is 0 Å². The van der Waals surface area contributed by atoms with Gasteiger partial charge in [-0.25, -0.2) is 4.99 Å². The number of H-pyrrole nitrogens is 1. The Morgan fingerprint density at radius 2 is 2.08 bits per heavy atom. The van der Waals surface area contributed by atoms with Crippen molar-refractivity contribution in [2.24, 2.45) is 16.5 Å². The van der Waals surface area contributed by atoms with Crippen molar-refractivity contribution >= 4 is 33.9 Å². The number of nitrogens with zero attached hydrogens (tertiary/aromatic N) is 1. The molecule has 1 atom stereocenters. The number of pyridine rings is 1. The van der Waals surface area contributed by atoms with Gasteiger partial charge in [-0.15, -0.1) is 11.3 Å². The molecule has 0 radical (unpaired) electrons. The number of aliphatic imine (C=N–C) groups is 1. The van der Waals surface area contributed by atoms with Gasteiger partial charge in [0.2, 0.25) is 0 Å². The largest absolute Gasteiger partial charge is 0.370 e. The van der Waals surface area contributed by atoms with Crippen molar-refractivity contribution in [3.8, 4) is 0 Å². The second kappa shape index (κ2) is 7.97. The number of aromatic nitrogens is 1. The summed E-state index contributed by atoms with van der Waals surface area (Å²) in [6.07, 6.45) is 2.87. The van der Waals surface area contributed by atoms with Crippen molar-refractivity contribution in [2.75, 3.05) is 0 Å². The van der Waals surface area contributed by atoms with Crippen LogP contribution < -0.4 is 17.0 Å². The molecule has 5 N–H and O–H groups in total. The lowest BCUT2D eigenvalue weighted by Gasteiger charge is -2.11. The van der Waals surface area contributed by atoms with Crippen LogP contribution in [0.5, 0.6) is 0 Å². The van der Waals surface area contributed by atoms with Gasteiger partial charge >= 0.3 is 0 Å². The molecule has 0 saturated carbocycles. The number of thiophene rings is 1. The molecule has 0 aliphatic heterocycles. The first-order chi connectivity index (χ1) is 12.5. The van der Waals surface area contributed by atoms with Gasteiger partial charge < -0.3 is 16.5 Å². The van der Waals surface area contributed by atoms with E-state index >= 15 is 0 Å². The van der Waals surface area contributed by atoms with Crippen LogP contribution in [0.1, 0.15) is 29.3 Å². The number of fused-ring (bicyclic) bond motifs is 1. The predicted octanol–water partition coefficient (Wildman–Crippen LogP) is 2.50. The molecule has 0 fully saturated rings. The van der Waals surface area contributed by atoms with Crippen molar-refractivity contribution in [1.82, 2.24) is 4.98 Å². The Bertz CT molecular complexity index is 988. The van der Waals surface area contributed by atoms with E-state index in [1.165, 1.54) is 0 Å². The molecule has 3 aromatic rings. The minimum absolute atomic E-state index is 0.0237. The molecule has 1 aromatic carbocycles. The SMILES string of the molecule is NC(N)=NC(CCC(=O)Cc1ccc2c(=O)[nH]ccc2c1)c1cccs1. The van der Waals surface area contributed by atoms with Crippen LogP contribution >= 0.6 is 11.3 Å². The molecule has 2 heterocycles. The number of hydrogen-bond donors (Lipinski definition) is 3. The van der Waals surface area contributed by atoms with Crippen molar-refractivity contribution in [1.29, 1.82) is 0 Å². The van der Waals surface area contributed by atoms with Gasteiger partial charge in [0.1, 0.15) is 5.78 Å². The smallest absolute Gasteiger partial charge is 0.255 e. The average Bonchev–Trinajstić information content (AvgIpc) is 3.13. The maximum absolute atomic E-state index is 12.4. The van der Waals surface area contributed by atoms with Crippen LogP contribution in [0, 0.1) is 0 Å². The van der Waals surface area contributed by atoms with E-state index in [1.807, 2.05) is 35.7 Å². The summed E-state index contributed by atoms with van der Waals surface area (Å²) in [4.78, 5) is 32.1. The molecule has 6 nitrogen and oxygen atoms in total. The van der Waals surface area contributed by atoms with Crippen LogP contribution in [0.3, 0.4) is 0 Å². The fraction of sp³-hybridized carbons (Fsp3) is 0.211. The van der Waals surface area contributed by atoms with Crippen molar-refractivity contribution < 1.29 is 4.79 Å². The normalized spacial score (nSPS) is 12.0. The molecule has 2 aromatic heterocycles. The zero-order valence-electron chi connectivity index (χ0n) is 14.1. The zero-order valence-corrected chi connectivity index (χ0v) is 15.0. The van der Waals surface area contributed by atoms with E-state index in [0.29, 0.717) is 24.6 Å². The average molecular weight is 368 g/mol. The summed E-state index contributed by atoms with van der Waals surface area (Å²) >= 11 is 1.57. The van der Waals surface area contributed by atoms with E-state index in [4.69, 9.17) is 11.5 Å². The Balaban J connectivity index is 1.66. The fourth-order valence-corrected chi connectivity index (χ4v) is 3.70. The van der Waals surface area contributed by atoms with Crippen LogP contribution in [0.15, 0.2) is 57.8 Å². The van der Waals surface area contributed by atoms with Crippen LogP contribution in [0.25, 0.3) is 10.8 Å². The molecule has 0 aliphatic rings. The highest BCUT2D eigenvalue weighted by molar-refractivity contribution is 7.10. The molecule has 0 bridgehead atoms. The lowest BCUT2D eigenvalue weighted by atomic mass is 10.0. The van der Waals surface area contributed by atoms with Crippen molar-refractivity contribution in [3.05, 3.63) is 68.8 Å². The number of nitrogens with two attached hydrogens (primary N) is 2. The number of carbonyl (C=O) groups excluding carboxylic acids is 1. The second-order valence-corrected chi connectivity index (χ2v) is 7.05. The molecule has 0 aliphatic carbocycles. The number of aromatic amines is 1. The lowest BCUT2D eigenvalue weighted by Crippen LogP contribution is -2.23. The summed E-state index contributed by atoms with van der Waals surface area (Å²) in [6.45, 7) is 0. The first-order valence-corrected chi connectivity index (χ1v) is 9.15. The summed E-state index contributed by atoms with van der Waals surface area (Å²) in [6, 6.07) is 11.0. The van der Waals surface area contributed by atoms with Crippen LogP contribution in [-0.4, -0.2) is 16.7 Å². The molecule has 0 spiro atoms. The summed E-state index contributed by atoms with van der Waals surface area (Å²) < 4.78 is 0. The maximum Gasteiger partial charge on any atom is 0.255 e. The van der Waals surface area contributed by atoms with Crippen molar-refractivity contribution in [3.63, 3.8) is 0 Å². The summed E-state index contributed by atoms with van der Waals surface area (Å²) in [5, 5.41) is 3.41. The first-order valence-electron chi connectivity index (χ1n) is 8.27. The lowest BCUT2D eigenvalue weighted by molar-refractivity contribution is -0.118. The Morgan fingerprint density at radius 1 is 1.23 bits per heavy atom. The number of carbonyl (C=O) groups is 1. The molecule has 7 heteroatoms. The highest BCUT2D eigenvalue weighted by Gasteiger charge is 2.14. The number of guanidine groups is 1. The highest BCUT2D eigenvalue weighted by Crippen LogP contribution is 2.27. The number of hydrogen-bond acceptors (Lipinski definition) is 4.